The van der Waals surface area contributed by atoms with Crippen molar-refractivity contribution in [3.63, 3.8) is 0 Å². The van der Waals surface area contributed by atoms with Gasteiger partial charge in [-0.25, -0.2) is 0 Å². The summed E-state index contributed by atoms with van der Waals surface area (Å²) in [5.74, 6) is -1.36. The quantitative estimate of drug-likeness (QED) is 0.655. The van der Waals surface area contributed by atoms with Crippen molar-refractivity contribution in [1.29, 1.82) is 0 Å². The predicted molar refractivity (Wildman–Crippen MR) is 71.0 cm³/mol. The number of nitrogens with one attached hydrogen (secondary N) is 1. The molecule has 0 aromatic heterocycles. The Morgan fingerprint density at radius 2 is 1.75 bits per heavy atom. The fraction of sp³-hybridized carbons (Fsp3) is 0.286. The highest BCUT2D eigenvalue weighted by atomic mass is 16.2. The molecular weight excluding hydrogens is 260 g/mol. The lowest BCUT2D eigenvalue weighted by atomic mass is 10.1. The number of likely N-dealkylation sites (tertiary alicyclic amines) is 1. The van der Waals surface area contributed by atoms with Crippen molar-refractivity contribution >= 4 is 29.2 Å². The molecule has 1 aromatic carbocycles. The van der Waals surface area contributed by atoms with E-state index in [4.69, 9.17) is 0 Å². The lowest BCUT2D eigenvalue weighted by molar-refractivity contribution is -0.141. The first-order valence-electron chi connectivity index (χ1n) is 6.22. The van der Waals surface area contributed by atoms with Gasteiger partial charge < -0.3 is 5.32 Å². The SMILES string of the molecule is CC(=O)c1ccccc1NC(=O)CN1C(=O)CCC1=O. The highest BCUT2D eigenvalue weighted by Gasteiger charge is 2.30. The van der Waals surface area contributed by atoms with Crippen LogP contribution in [0, 0.1) is 0 Å². The van der Waals surface area contributed by atoms with E-state index in [-0.39, 0.29) is 37.0 Å². The van der Waals surface area contributed by atoms with Crippen LogP contribution in [0.4, 0.5) is 5.69 Å². The Kier molecular flexibility index (Phi) is 3.93. The van der Waals surface area contributed by atoms with Gasteiger partial charge in [0.2, 0.25) is 17.7 Å². The maximum atomic E-state index is 11.9. The summed E-state index contributed by atoms with van der Waals surface area (Å²) in [4.78, 5) is 47.1. The molecule has 0 saturated carbocycles. The zero-order valence-electron chi connectivity index (χ0n) is 11.0. The minimum atomic E-state index is -0.498. The van der Waals surface area contributed by atoms with E-state index in [9.17, 15) is 19.2 Å². The Bertz CT molecular complexity index is 579. The van der Waals surface area contributed by atoms with Crippen LogP contribution in [0.3, 0.4) is 0 Å². The molecule has 104 valence electrons. The first kappa shape index (κ1) is 13.9. The highest BCUT2D eigenvalue weighted by molar-refractivity contribution is 6.08. The summed E-state index contributed by atoms with van der Waals surface area (Å²) in [5.41, 5.74) is 0.768. The second-order valence-electron chi connectivity index (χ2n) is 4.52. The number of benzene rings is 1. The van der Waals surface area contributed by atoms with Crippen LogP contribution < -0.4 is 5.32 Å². The summed E-state index contributed by atoms with van der Waals surface area (Å²) in [6, 6.07) is 6.58. The summed E-state index contributed by atoms with van der Waals surface area (Å²) in [5, 5.41) is 2.55. The van der Waals surface area contributed by atoms with Crippen molar-refractivity contribution in [2.75, 3.05) is 11.9 Å². The third kappa shape index (κ3) is 2.90. The molecule has 0 radical (unpaired) electrons. The highest BCUT2D eigenvalue weighted by Crippen LogP contribution is 2.16. The van der Waals surface area contributed by atoms with Gasteiger partial charge in [0.15, 0.2) is 5.78 Å². The molecule has 1 heterocycles. The predicted octanol–water partition coefficient (Wildman–Crippen LogP) is 0.977. The first-order chi connectivity index (χ1) is 9.49. The molecule has 3 amide bonds. The van der Waals surface area contributed by atoms with Gasteiger partial charge in [0.1, 0.15) is 6.54 Å². The maximum absolute atomic E-state index is 11.9. The van der Waals surface area contributed by atoms with Crippen LogP contribution in [-0.4, -0.2) is 34.9 Å². The van der Waals surface area contributed by atoms with E-state index in [0.29, 0.717) is 11.3 Å². The molecule has 1 N–H and O–H groups in total. The summed E-state index contributed by atoms with van der Waals surface area (Å²) in [6.45, 7) is 1.09. The van der Waals surface area contributed by atoms with Crippen molar-refractivity contribution in [1.82, 2.24) is 4.90 Å². The molecule has 2 rings (SSSR count). The van der Waals surface area contributed by atoms with Crippen molar-refractivity contribution in [2.24, 2.45) is 0 Å². The number of amides is 3. The molecule has 0 bridgehead atoms. The zero-order chi connectivity index (χ0) is 14.7. The van der Waals surface area contributed by atoms with E-state index in [1.165, 1.54) is 6.92 Å². The standard InChI is InChI=1S/C14H14N2O4/c1-9(17)10-4-2-3-5-11(10)15-12(18)8-16-13(19)6-7-14(16)20/h2-5H,6-8H2,1H3,(H,15,18). The third-order valence-corrected chi connectivity index (χ3v) is 3.04. The van der Waals surface area contributed by atoms with Gasteiger partial charge in [0, 0.05) is 18.4 Å². The molecule has 0 spiro atoms. The minimum absolute atomic E-state index is 0.149. The van der Waals surface area contributed by atoms with Crippen molar-refractivity contribution in [3.8, 4) is 0 Å². The maximum Gasteiger partial charge on any atom is 0.244 e. The number of hydrogen-bond donors (Lipinski definition) is 1. The number of para-hydroxylation sites is 1. The van der Waals surface area contributed by atoms with Gasteiger partial charge in [0.05, 0.1) is 5.69 Å². The number of Topliss-reactive ketones (excluding diaryl/α,β-unsaturated/α-hetero) is 1. The summed E-state index contributed by atoms with van der Waals surface area (Å²) < 4.78 is 0. The molecule has 1 aromatic rings. The Labute approximate surface area is 115 Å². The van der Waals surface area contributed by atoms with Gasteiger partial charge >= 0.3 is 0 Å². The van der Waals surface area contributed by atoms with E-state index in [1.54, 1.807) is 24.3 Å². The molecular formula is C14H14N2O4. The molecule has 1 fully saturated rings. The van der Waals surface area contributed by atoms with Crippen LogP contribution in [0.2, 0.25) is 0 Å². The molecule has 0 unspecified atom stereocenters. The normalized spacial score (nSPS) is 14.6. The van der Waals surface area contributed by atoms with Crippen LogP contribution in [0.25, 0.3) is 0 Å². The summed E-state index contributed by atoms with van der Waals surface area (Å²) in [6.07, 6.45) is 0.298. The van der Waals surface area contributed by atoms with Gasteiger partial charge in [-0.2, -0.15) is 0 Å². The molecule has 6 heteroatoms. The Balaban J connectivity index is 2.07. The second kappa shape index (κ2) is 5.64. The molecule has 0 atom stereocenters. The molecule has 0 aliphatic carbocycles. The Hall–Kier alpha value is -2.50. The Morgan fingerprint density at radius 1 is 1.15 bits per heavy atom. The molecule has 20 heavy (non-hydrogen) atoms. The average molecular weight is 274 g/mol. The lowest BCUT2D eigenvalue weighted by Gasteiger charge is -2.14. The second-order valence-corrected chi connectivity index (χ2v) is 4.52. The van der Waals surface area contributed by atoms with Gasteiger partial charge in [-0.05, 0) is 19.1 Å². The van der Waals surface area contributed by atoms with Crippen LogP contribution >= 0.6 is 0 Å². The Morgan fingerprint density at radius 3 is 2.35 bits per heavy atom. The van der Waals surface area contributed by atoms with Crippen LogP contribution in [0.5, 0.6) is 0 Å². The molecule has 1 aliphatic heterocycles. The average Bonchev–Trinajstić information content (AvgIpc) is 2.71. The topological polar surface area (TPSA) is 83.6 Å². The first-order valence-corrected chi connectivity index (χ1v) is 6.22. The number of anilines is 1. The van der Waals surface area contributed by atoms with E-state index in [2.05, 4.69) is 5.32 Å². The van der Waals surface area contributed by atoms with Gasteiger partial charge in [-0.1, -0.05) is 12.1 Å². The van der Waals surface area contributed by atoms with E-state index < -0.39 is 5.91 Å². The zero-order valence-corrected chi connectivity index (χ0v) is 11.0. The van der Waals surface area contributed by atoms with Gasteiger partial charge in [0.25, 0.3) is 0 Å². The summed E-state index contributed by atoms with van der Waals surface area (Å²) in [7, 11) is 0. The minimum Gasteiger partial charge on any atom is -0.324 e. The molecule has 6 nitrogen and oxygen atoms in total. The fourth-order valence-electron chi connectivity index (χ4n) is 2.03. The van der Waals surface area contributed by atoms with E-state index in [1.807, 2.05) is 0 Å². The number of carbonyl (C=O) groups is 4. The number of rotatable bonds is 4. The molecule has 1 aliphatic rings. The fourth-order valence-corrected chi connectivity index (χ4v) is 2.03. The largest absolute Gasteiger partial charge is 0.324 e. The van der Waals surface area contributed by atoms with E-state index >= 15 is 0 Å². The smallest absolute Gasteiger partial charge is 0.244 e. The van der Waals surface area contributed by atoms with Gasteiger partial charge in [-0.3, -0.25) is 24.1 Å². The van der Waals surface area contributed by atoms with Crippen LogP contribution in [-0.2, 0) is 14.4 Å². The monoisotopic (exact) mass is 274 g/mol. The van der Waals surface area contributed by atoms with Crippen molar-refractivity contribution in [2.45, 2.75) is 19.8 Å². The molecule has 1 saturated heterocycles. The number of imide groups is 1. The number of carbonyl (C=O) groups excluding carboxylic acids is 4. The number of hydrogen-bond acceptors (Lipinski definition) is 4. The van der Waals surface area contributed by atoms with Crippen molar-refractivity contribution in [3.05, 3.63) is 29.8 Å². The van der Waals surface area contributed by atoms with Crippen molar-refractivity contribution < 1.29 is 19.2 Å². The lowest BCUT2D eigenvalue weighted by Crippen LogP contribution is -2.37. The van der Waals surface area contributed by atoms with Crippen LogP contribution in [0.15, 0.2) is 24.3 Å². The number of nitrogens with zero attached hydrogens (tertiary/aromatic N) is 1. The van der Waals surface area contributed by atoms with Crippen LogP contribution in [0.1, 0.15) is 30.1 Å². The van der Waals surface area contributed by atoms with Gasteiger partial charge in [-0.15, -0.1) is 0 Å². The summed E-state index contributed by atoms with van der Waals surface area (Å²) >= 11 is 0. The third-order valence-electron chi connectivity index (χ3n) is 3.04. The number of ketones is 1. The van der Waals surface area contributed by atoms with E-state index in [0.717, 1.165) is 4.90 Å².